The molecule has 0 unspecified atom stereocenters. The van der Waals surface area contributed by atoms with Gasteiger partial charge in [-0.25, -0.2) is 0 Å². The van der Waals surface area contributed by atoms with Crippen molar-refractivity contribution >= 4 is 11.9 Å². The average Bonchev–Trinajstić information content (AvgIpc) is 2.13. The Hall–Kier alpha value is -1.58. The van der Waals surface area contributed by atoms with E-state index in [1.165, 1.54) is 24.4 Å². The first-order valence-corrected chi connectivity index (χ1v) is 3.68. The summed E-state index contributed by atoms with van der Waals surface area (Å²) in [6.45, 7) is 0. The van der Waals surface area contributed by atoms with Crippen LogP contribution in [0.4, 0.5) is 8.78 Å². The number of halogens is 2. The van der Waals surface area contributed by atoms with Crippen molar-refractivity contribution < 1.29 is 13.6 Å². The Morgan fingerprint density at radius 3 is 2.85 bits per heavy atom. The van der Waals surface area contributed by atoms with Crippen molar-refractivity contribution in [1.29, 1.82) is 0 Å². The Labute approximate surface area is 72.9 Å². The molecule has 0 aromatic carbocycles. The first kappa shape index (κ1) is 8.04. The van der Waals surface area contributed by atoms with Gasteiger partial charge in [-0.1, -0.05) is 0 Å². The maximum Gasteiger partial charge on any atom is 0.336 e. The number of carbonyl (C=O) groups excluding carboxylic acids is 1. The minimum atomic E-state index is -3.42. The highest BCUT2D eigenvalue weighted by atomic mass is 19.3. The largest absolute Gasteiger partial charge is 0.336 e. The van der Waals surface area contributed by atoms with Gasteiger partial charge in [0.1, 0.15) is 0 Å². The van der Waals surface area contributed by atoms with Gasteiger partial charge in [0.25, 0.3) is 0 Å². The van der Waals surface area contributed by atoms with Gasteiger partial charge in [0.15, 0.2) is 0 Å². The van der Waals surface area contributed by atoms with Gasteiger partial charge in [-0.3, -0.25) is 9.78 Å². The van der Waals surface area contributed by atoms with E-state index in [9.17, 15) is 13.6 Å². The van der Waals surface area contributed by atoms with E-state index in [1.54, 1.807) is 0 Å². The zero-order chi connectivity index (χ0) is 9.47. The van der Waals surface area contributed by atoms with Crippen molar-refractivity contribution in [3.63, 3.8) is 0 Å². The van der Waals surface area contributed by atoms with Crippen LogP contribution in [0.5, 0.6) is 0 Å². The fourth-order valence-corrected chi connectivity index (χ4v) is 1.21. The third-order valence-electron chi connectivity index (χ3n) is 1.88. The zero-order valence-corrected chi connectivity index (χ0v) is 6.50. The number of pyridine rings is 1. The van der Waals surface area contributed by atoms with E-state index in [2.05, 4.69) is 4.98 Å². The third-order valence-corrected chi connectivity index (χ3v) is 1.88. The van der Waals surface area contributed by atoms with Crippen LogP contribution in [0, 0.1) is 0 Å². The Balaban J connectivity index is 2.68. The predicted octanol–water partition coefficient (Wildman–Crippen LogP) is 1.77. The van der Waals surface area contributed by atoms with Gasteiger partial charge in [-0.05, 0) is 24.3 Å². The summed E-state index contributed by atoms with van der Waals surface area (Å²) in [7, 11) is 0. The molecular weight excluding hydrogens is 176 g/mol. The number of fused-ring (bicyclic) bond motifs is 1. The smallest absolute Gasteiger partial charge is 0.288 e. The standard InChI is InChI=1S/C9H5F2NO/c10-9(11)6-2-1-5-12-7(6)3-4-8(9)13/h1-5H. The normalized spacial score (nSPS) is 18.5. The molecular formula is C9H5F2NO. The van der Waals surface area contributed by atoms with Crippen molar-refractivity contribution in [2.45, 2.75) is 5.92 Å². The molecule has 0 saturated heterocycles. The van der Waals surface area contributed by atoms with Gasteiger partial charge in [0.2, 0.25) is 5.78 Å². The summed E-state index contributed by atoms with van der Waals surface area (Å²) < 4.78 is 26.3. The van der Waals surface area contributed by atoms with Crippen LogP contribution in [-0.4, -0.2) is 10.8 Å². The van der Waals surface area contributed by atoms with Crippen molar-refractivity contribution in [3.05, 3.63) is 35.7 Å². The molecule has 0 amide bonds. The molecule has 0 bridgehead atoms. The highest BCUT2D eigenvalue weighted by Crippen LogP contribution is 2.34. The molecule has 1 aromatic rings. The van der Waals surface area contributed by atoms with Gasteiger partial charge in [0, 0.05) is 6.20 Å². The van der Waals surface area contributed by atoms with Crippen LogP contribution in [0.15, 0.2) is 24.4 Å². The van der Waals surface area contributed by atoms with E-state index < -0.39 is 11.7 Å². The molecule has 4 heteroatoms. The summed E-state index contributed by atoms with van der Waals surface area (Å²) in [5.74, 6) is -4.61. The highest BCUT2D eigenvalue weighted by molar-refractivity contribution is 6.02. The Morgan fingerprint density at radius 1 is 1.31 bits per heavy atom. The van der Waals surface area contributed by atoms with E-state index in [0.29, 0.717) is 0 Å². The first-order valence-electron chi connectivity index (χ1n) is 3.68. The van der Waals surface area contributed by atoms with Gasteiger partial charge in [-0.15, -0.1) is 0 Å². The second kappa shape index (κ2) is 2.45. The van der Waals surface area contributed by atoms with Crippen molar-refractivity contribution in [2.75, 3.05) is 0 Å². The number of hydrogen-bond acceptors (Lipinski definition) is 2. The number of alkyl halides is 2. The molecule has 0 spiro atoms. The fraction of sp³-hybridized carbons (Fsp3) is 0.111. The number of ketones is 1. The van der Waals surface area contributed by atoms with E-state index in [1.807, 2.05) is 0 Å². The second-order valence-corrected chi connectivity index (χ2v) is 2.71. The van der Waals surface area contributed by atoms with Crippen molar-refractivity contribution in [3.8, 4) is 0 Å². The molecule has 0 N–H and O–H groups in total. The average molecular weight is 181 g/mol. The summed E-state index contributed by atoms with van der Waals surface area (Å²) in [5.41, 5.74) is -0.158. The Kier molecular flexibility index (Phi) is 1.52. The fourth-order valence-electron chi connectivity index (χ4n) is 1.21. The molecule has 0 radical (unpaired) electrons. The molecule has 0 saturated carbocycles. The van der Waals surface area contributed by atoms with Crippen LogP contribution in [0.1, 0.15) is 11.3 Å². The SMILES string of the molecule is O=C1C=Cc2ncccc2C1(F)F. The minimum absolute atomic E-state index is 0.159. The number of nitrogens with zero attached hydrogens (tertiary/aromatic N) is 1. The number of rotatable bonds is 0. The molecule has 2 nitrogen and oxygen atoms in total. The number of aromatic nitrogens is 1. The molecule has 1 aromatic heterocycles. The predicted molar refractivity (Wildman–Crippen MR) is 42.2 cm³/mol. The van der Waals surface area contributed by atoms with Gasteiger partial charge < -0.3 is 0 Å². The van der Waals surface area contributed by atoms with E-state index in [0.717, 1.165) is 6.08 Å². The Morgan fingerprint density at radius 2 is 2.08 bits per heavy atom. The molecule has 1 aliphatic carbocycles. The molecule has 1 aliphatic rings. The molecule has 1 heterocycles. The summed E-state index contributed by atoms with van der Waals surface area (Å²) in [5, 5.41) is 0. The summed E-state index contributed by atoms with van der Waals surface area (Å²) in [4.78, 5) is 14.5. The number of allylic oxidation sites excluding steroid dienone is 1. The molecule has 2 rings (SSSR count). The monoisotopic (exact) mass is 181 g/mol. The maximum atomic E-state index is 13.1. The summed E-state index contributed by atoms with van der Waals surface area (Å²) >= 11 is 0. The summed E-state index contributed by atoms with van der Waals surface area (Å²) in [6.07, 6.45) is 3.57. The lowest BCUT2D eigenvalue weighted by Gasteiger charge is -2.18. The van der Waals surface area contributed by atoms with E-state index in [-0.39, 0.29) is 11.3 Å². The van der Waals surface area contributed by atoms with Gasteiger partial charge in [-0.2, -0.15) is 8.78 Å². The van der Waals surface area contributed by atoms with Crippen LogP contribution in [0.25, 0.3) is 6.08 Å². The lowest BCUT2D eigenvalue weighted by Crippen LogP contribution is -2.27. The molecule has 13 heavy (non-hydrogen) atoms. The molecule has 0 atom stereocenters. The zero-order valence-electron chi connectivity index (χ0n) is 6.50. The van der Waals surface area contributed by atoms with Gasteiger partial charge in [0.05, 0.1) is 11.3 Å². The quantitative estimate of drug-likeness (QED) is 0.610. The van der Waals surface area contributed by atoms with E-state index >= 15 is 0 Å². The van der Waals surface area contributed by atoms with Crippen LogP contribution < -0.4 is 0 Å². The summed E-state index contributed by atoms with van der Waals surface area (Å²) in [6, 6.07) is 2.60. The van der Waals surface area contributed by atoms with Crippen molar-refractivity contribution in [2.24, 2.45) is 0 Å². The maximum absolute atomic E-state index is 13.1. The minimum Gasteiger partial charge on any atom is -0.288 e. The second-order valence-electron chi connectivity index (χ2n) is 2.71. The van der Waals surface area contributed by atoms with Crippen molar-refractivity contribution in [1.82, 2.24) is 4.98 Å². The van der Waals surface area contributed by atoms with Crippen LogP contribution in [0.2, 0.25) is 0 Å². The van der Waals surface area contributed by atoms with Gasteiger partial charge >= 0.3 is 5.92 Å². The topological polar surface area (TPSA) is 30.0 Å². The lowest BCUT2D eigenvalue weighted by atomic mass is 9.97. The highest BCUT2D eigenvalue weighted by Gasteiger charge is 2.42. The van der Waals surface area contributed by atoms with E-state index in [4.69, 9.17) is 0 Å². The molecule has 0 fully saturated rings. The van der Waals surface area contributed by atoms with Crippen LogP contribution >= 0.6 is 0 Å². The third kappa shape index (κ3) is 1.06. The van der Waals surface area contributed by atoms with Crippen LogP contribution in [-0.2, 0) is 10.7 Å². The Bertz CT molecular complexity index is 398. The van der Waals surface area contributed by atoms with Crippen LogP contribution in [0.3, 0.4) is 0 Å². The number of hydrogen-bond donors (Lipinski definition) is 0. The first-order chi connectivity index (χ1) is 6.12. The molecule has 66 valence electrons. The molecule has 0 aliphatic heterocycles. The number of carbonyl (C=O) groups is 1. The lowest BCUT2D eigenvalue weighted by molar-refractivity contribution is -0.139.